The van der Waals surface area contributed by atoms with Crippen molar-refractivity contribution in [3.05, 3.63) is 83.0 Å². The van der Waals surface area contributed by atoms with Crippen LogP contribution in [0.3, 0.4) is 0 Å². The van der Waals surface area contributed by atoms with E-state index in [-0.39, 0.29) is 11.7 Å². The molecule has 0 fully saturated rings. The summed E-state index contributed by atoms with van der Waals surface area (Å²) in [5, 5.41) is 24.8. The lowest BCUT2D eigenvalue weighted by Gasteiger charge is -2.13. The lowest BCUT2D eigenvalue weighted by atomic mass is 10.2. The summed E-state index contributed by atoms with van der Waals surface area (Å²) in [5.41, 5.74) is 4.34. The molecule has 4 aromatic rings. The predicted octanol–water partition coefficient (Wildman–Crippen LogP) is 5.35. The van der Waals surface area contributed by atoms with E-state index in [0.29, 0.717) is 27.4 Å². The number of hydrogen-bond donors (Lipinski definition) is 2. The highest BCUT2D eigenvalue weighted by atomic mass is 32.2. The molecule has 4 rings (SSSR count). The van der Waals surface area contributed by atoms with Crippen LogP contribution >= 0.6 is 23.1 Å². The van der Waals surface area contributed by atoms with Crippen molar-refractivity contribution in [2.45, 2.75) is 24.7 Å². The van der Waals surface area contributed by atoms with Gasteiger partial charge >= 0.3 is 0 Å². The van der Waals surface area contributed by atoms with Crippen molar-refractivity contribution in [2.75, 3.05) is 16.4 Å². The molecule has 2 N–H and O–H groups in total. The zero-order valence-corrected chi connectivity index (χ0v) is 19.8. The first-order chi connectivity index (χ1) is 16.0. The third-order valence-electron chi connectivity index (χ3n) is 5.14. The number of carbonyl (C=O) groups excluding carboxylic acids is 1. The van der Waals surface area contributed by atoms with Gasteiger partial charge in [-0.25, -0.2) is 0 Å². The van der Waals surface area contributed by atoms with Crippen LogP contribution in [-0.4, -0.2) is 26.4 Å². The van der Waals surface area contributed by atoms with E-state index in [1.54, 1.807) is 0 Å². The van der Waals surface area contributed by atoms with Gasteiger partial charge in [0.2, 0.25) is 11.0 Å². The molecule has 0 spiro atoms. The molecule has 0 aliphatic carbocycles. The molecule has 0 saturated heterocycles. The van der Waals surface area contributed by atoms with Crippen molar-refractivity contribution in [3.63, 3.8) is 0 Å². The van der Waals surface area contributed by atoms with Gasteiger partial charge in [-0.1, -0.05) is 71.6 Å². The Hall–Kier alpha value is -3.61. The first-order valence-electron chi connectivity index (χ1n) is 10.3. The quantitative estimate of drug-likeness (QED) is 0.334. The Morgan fingerprint density at radius 2 is 1.79 bits per heavy atom. The predicted molar refractivity (Wildman–Crippen MR) is 133 cm³/mol. The van der Waals surface area contributed by atoms with Gasteiger partial charge in [0.15, 0.2) is 4.34 Å². The highest BCUT2D eigenvalue weighted by Gasteiger charge is 2.20. The number of carbonyl (C=O) groups is 1. The van der Waals surface area contributed by atoms with Crippen LogP contribution in [0, 0.1) is 25.2 Å². The monoisotopic (exact) mass is 474 g/mol. The highest BCUT2D eigenvalue weighted by molar-refractivity contribution is 8.01. The molecule has 1 amide bonds. The van der Waals surface area contributed by atoms with Crippen LogP contribution in [-0.2, 0) is 11.3 Å². The van der Waals surface area contributed by atoms with E-state index in [4.69, 9.17) is 0 Å². The maximum Gasteiger partial charge on any atom is 0.235 e. The molecular weight excluding hydrogens is 452 g/mol. The number of aromatic nitrogens is 3. The lowest BCUT2D eigenvalue weighted by molar-refractivity contribution is -0.113. The van der Waals surface area contributed by atoms with Gasteiger partial charge in [-0.15, -0.1) is 10.2 Å². The van der Waals surface area contributed by atoms with Crippen molar-refractivity contribution in [3.8, 4) is 6.07 Å². The zero-order chi connectivity index (χ0) is 23.2. The molecule has 0 unspecified atom stereocenters. The summed E-state index contributed by atoms with van der Waals surface area (Å²) >= 11 is 2.70. The van der Waals surface area contributed by atoms with Crippen LogP contribution in [0.25, 0.3) is 0 Å². The first kappa shape index (κ1) is 22.6. The Bertz CT molecular complexity index is 1290. The molecule has 0 radical (unpaired) electrons. The number of para-hydroxylation sites is 1. The van der Waals surface area contributed by atoms with Gasteiger partial charge < -0.3 is 15.2 Å². The molecule has 166 valence electrons. The normalized spacial score (nSPS) is 10.6. The first-order valence-corrected chi connectivity index (χ1v) is 12.1. The Balaban J connectivity index is 1.43. The van der Waals surface area contributed by atoms with Crippen molar-refractivity contribution in [2.24, 2.45) is 0 Å². The fraction of sp³-hybridized carbons (Fsp3) is 0.167. The number of amides is 1. The van der Waals surface area contributed by atoms with Crippen molar-refractivity contribution in [1.82, 2.24) is 14.8 Å². The van der Waals surface area contributed by atoms with Gasteiger partial charge in [0.05, 0.1) is 11.3 Å². The molecule has 0 saturated carbocycles. The third kappa shape index (κ3) is 5.42. The molecule has 0 aliphatic rings. The minimum absolute atomic E-state index is 0.166. The van der Waals surface area contributed by atoms with Crippen LogP contribution in [0.15, 0.2) is 65.0 Å². The maximum absolute atomic E-state index is 12.8. The minimum atomic E-state index is -0.198. The van der Waals surface area contributed by atoms with E-state index in [9.17, 15) is 10.1 Å². The van der Waals surface area contributed by atoms with Gasteiger partial charge in [0.25, 0.3) is 0 Å². The van der Waals surface area contributed by atoms with Gasteiger partial charge in [-0.3, -0.25) is 4.79 Å². The van der Waals surface area contributed by atoms with E-state index in [1.807, 2.05) is 79.1 Å². The van der Waals surface area contributed by atoms with E-state index < -0.39 is 0 Å². The smallest absolute Gasteiger partial charge is 0.235 e. The van der Waals surface area contributed by atoms with E-state index in [1.165, 1.54) is 23.1 Å². The lowest BCUT2D eigenvalue weighted by Crippen LogP contribution is -2.18. The third-order valence-corrected chi connectivity index (χ3v) is 7.11. The van der Waals surface area contributed by atoms with Gasteiger partial charge in [0, 0.05) is 17.9 Å². The molecule has 2 aromatic carbocycles. The van der Waals surface area contributed by atoms with Crippen LogP contribution in [0.4, 0.5) is 16.6 Å². The van der Waals surface area contributed by atoms with Crippen LogP contribution < -0.4 is 10.6 Å². The molecule has 7 nitrogen and oxygen atoms in total. The summed E-state index contributed by atoms with van der Waals surface area (Å²) in [4.78, 5) is 12.8. The Morgan fingerprint density at radius 3 is 2.48 bits per heavy atom. The number of nitrogens with one attached hydrogen (secondary N) is 2. The molecule has 9 heteroatoms. The average Bonchev–Trinajstić information content (AvgIpc) is 3.37. The SMILES string of the molecule is Cc1c(C#N)c(NC(=O)CSc2nnc(Nc3ccccc3)s2)n(Cc2ccccc2)c1C. The number of rotatable bonds is 8. The zero-order valence-electron chi connectivity index (χ0n) is 18.2. The average molecular weight is 475 g/mol. The maximum atomic E-state index is 12.8. The van der Waals surface area contributed by atoms with Gasteiger partial charge in [0.1, 0.15) is 11.9 Å². The molecule has 2 aromatic heterocycles. The number of nitriles is 1. The summed E-state index contributed by atoms with van der Waals surface area (Å²) < 4.78 is 2.68. The fourth-order valence-corrected chi connectivity index (χ4v) is 4.93. The van der Waals surface area contributed by atoms with Gasteiger partial charge in [-0.05, 0) is 37.1 Å². The number of benzene rings is 2. The summed E-state index contributed by atoms with van der Waals surface area (Å²) in [6, 6.07) is 21.9. The molecule has 0 atom stereocenters. The standard InChI is InChI=1S/C24H22N6OS2/c1-16-17(2)30(14-18-9-5-3-6-10-18)22(20(16)13-25)27-21(31)15-32-24-29-28-23(33-24)26-19-11-7-4-8-12-19/h3-12H,14-15H2,1-2H3,(H,26,28)(H,27,31). The second kappa shape index (κ2) is 10.3. The summed E-state index contributed by atoms with van der Waals surface area (Å²) in [6.45, 7) is 4.44. The van der Waals surface area contributed by atoms with Crippen molar-refractivity contribution in [1.29, 1.82) is 5.26 Å². The Morgan fingerprint density at radius 1 is 1.09 bits per heavy atom. The molecule has 33 heavy (non-hydrogen) atoms. The van der Waals surface area contributed by atoms with Gasteiger partial charge in [-0.2, -0.15) is 5.26 Å². The van der Waals surface area contributed by atoms with Crippen molar-refractivity contribution >= 4 is 45.6 Å². The topological polar surface area (TPSA) is 95.6 Å². The second-order valence-electron chi connectivity index (χ2n) is 7.32. The molecular formula is C24H22N6OS2. The second-order valence-corrected chi connectivity index (χ2v) is 9.52. The number of nitrogens with zero attached hydrogens (tertiary/aromatic N) is 4. The Kier molecular flexibility index (Phi) is 7.07. The van der Waals surface area contributed by atoms with Crippen molar-refractivity contribution < 1.29 is 4.79 Å². The molecule has 0 bridgehead atoms. The number of thioether (sulfide) groups is 1. The molecule has 2 heterocycles. The summed E-state index contributed by atoms with van der Waals surface area (Å²) in [6.07, 6.45) is 0. The van der Waals surface area contributed by atoms with E-state index >= 15 is 0 Å². The summed E-state index contributed by atoms with van der Waals surface area (Å²) in [7, 11) is 0. The minimum Gasteiger partial charge on any atom is -0.330 e. The number of hydrogen-bond acceptors (Lipinski definition) is 7. The van der Waals surface area contributed by atoms with E-state index in [2.05, 4.69) is 26.9 Å². The largest absolute Gasteiger partial charge is 0.330 e. The van der Waals surface area contributed by atoms with E-state index in [0.717, 1.165) is 22.5 Å². The van der Waals surface area contributed by atoms with Crippen LogP contribution in [0.5, 0.6) is 0 Å². The fourth-order valence-electron chi connectivity index (χ4n) is 3.35. The molecule has 0 aliphatic heterocycles. The highest BCUT2D eigenvalue weighted by Crippen LogP contribution is 2.30. The Labute approximate surface area is 200 Å². The van der Waals surface area contributed by atoms with Crippen LogP contribution in [0.2, 0.25) is 0 Å². The van der Waals surface area contributed by atoms with Crippen LogP contribution in [0.1, 0.15) is 22.4 Å². The number of anilines is 3. The summed E-state index contributed by atoms with van der Waals surface area (Å²) in [5.74, 6) is 0.501.